The predicted molar refractivity (Wildman–Crippen MR) is 81.6 cm³/mol. The van der Waals surface area contributed by atoms with E-state index in [2.05, 4.69) is 0 Å². The molecule has 0 amide bonds. The SMILES string of the molecule is [2H]C1([2H])C[C@@]2([2H])[C@@H]3N(C)CC[C@@]24c2c(ccc(OC)c2OC4([2H])C1=O)C3([2H])[2H]. The first-order chi connectivity index (χ1) is 12.9. The van der Waals surface area contributed by atoms with Crippen LogP contribution in [0.15, 0.2) is 12.1 Å². The normalized spacial score (nSPS) is 53.7. The van der Waals surface area contributed by atoms with Crippen LogP contribution in [0.2, 0.25) is 0 Å². The summed E-state index contributed by atoms with van der Waals surface area (Å²) in [7, 11) is 3.14. The fourth-order valence-electron chi connectivity index (χ4n) is 4.44. The highest BCUT2D eigenvalue weighted by molar-refractivity contribution is 5.89. The molecule has 1 saturated carbocycles. The summed E-state index contributed by atoms with van der Waals surface area (Å²) in [5, 5.41) is 0. The summed E-state index contributed by atoms with van der Waals surface area (Å²) >= 11 is 0. The first-order valence-electron chi connectivity index (χ1n) is 10.5. The molecule has 2 bridgehead atoms. The number of carbonyl (C=O) groups is 1. The van der Waals surface area contributed by atoms with Gasteiger partial charge in [0.1, 0.15) is 0 Å². The number of rotatable bonds is 1. The average molecular weight is 305 g/mol. The molecule has 4 atom stereocenters. The second kappa shape index (κ2) is 4.05. The minimum atomic E-state index is -2.47. The summed E-state index contributed by atoms with van der Waals surface area (Å²) in [6.07, 6.45) is -7.03. The van der Waals surface area contributed by atoms with Crippen molar-refractivity contribution in [1.82, 2.24) is 4.90 Å². The minimum absolute atomic E-state index is 0.101. The van der Waals surface area contributed by atoms with Crippen LogP contribution >= 0.6 is 0 Å². The maximum absolute atomic E-state index is 13.2. The van der Waals surface area contributed by atoms with Gasteiger partial charge in [-0.2, -0.15) is 0 Å². The molecule has 2 aliphatic heterocycles. The molecule has 0 N–H and O–H groups in total. The first kappa shape index (κ1) is 8.34. The molecule has 1 aromatic carbocycles. The van der Waals surface area contributed by atoms with Crippen molar-refractivity contribution in [2.45, 2.75) is 43.1 Å². The number of ketones is 1. The molecule has 4 nitrogen and oxygen atoms in total. The number of hydrogen-bond acceptors (Lipinski definition) is 4. The van der Waals surface area contributed by atoms with Crippen molar-refractivity contribution in [3.63, 3.8) is 0 Å². The molecule has 2 fully saturated rings. The Morgan fingerprint density at radius 3 is 3.23 bits per heavy atom. The van der Waals surface area contributed by atoms with Gasteiger partial charge in [0.25, 0.3) is 0 Å². The summed E-state index contributed by atoms with van der Waals surface area (Å²) in [6.45, 7) is 0.376. The third-order valence-corrected chi connectivity index (χ3v) is 5.46. The highest BCUT2D eigenvalue weighted by Gasteiger charge is 2.65. The van der Waals surface area contributed by atoms with Crippen LogP contribution in [0.3, 0.4) is 0 Å². The molecule has 116 valence electrons. The van der Waals surface area contributed by atoms with Crippen LogP contribution in [0.25, 0.3) is 0 Å². The Morgan fingerprint density at radius 2 is 2.41 bits per heavy atom. The second-order valence-corrected chi connectivity index (χ2v) is 6.34. The highest BCUT2D eigenvalue weighted by Crippen LogP contribution is 2.62. The van der Waals surface area contributed by atoms with Crippen molar-refractivity contribution in [2.24, 2.45) is 5.89 Å². The van der Waals surface area contributed by atoms with E-state index in [0.717, 1.165) is 0 Å². The maximum Gasteiger partial charge on any atom is 0.174 e. The fourth-order valence-corrected chi connectivity index (χ4v) is 4.44. The lowest BCUT2D eigenvalue weighted by Gasteiger charge is -2.57. The molecular weight excluding hydrogens is 278 g/mol. The third kappa shape index (κ3) is 1.27. The number of benzene rings is 1. The van der Waals surface area contributed by atoms with Crippen LogP contribution in [-0.2, 0) is 16.6 Å². The number of nitrogens with zero attached hydrogens (tertiary/aromatic N) is 1. The van der Waals surface area contributed by atoms with Crippen molar-refractivity contribution in [3.8, 4) is 11.5 Å². The van der Waals surface area contributed by atoms with Crippen molar-refractivity contribution < 1.29 is 22.5 Å². The Morgan fingerprint density at radius 1 is 1.55 bits per heavy atom. The smallest absolute Gasteiger partial charge is 0.174 e. The Balaban J connectivity index is 1.97. The molecule has 5 rings (SSSR count). The van der Waals surface area contributed by atoms with E-state index in [0.29, 0.717) is 17.7 Å². The van der Waals surface area contributed by atoms with Gasteiger partial charge in [-0.3, -0.25) is 4.79 Å². The van der Waals surface area contributed by atoms with Gasteiger partial charge in [0, 0.05) is 30.2 Å². The third-order valence-electron chi connectivity index (χ3n) is 5.46. The number of methoxy groups -OCH3 is 1. The predicted octanol–water partition coefficient (Wildman–Crippen LogP) is 1.93. The number of likely N-dealkylation sites (tertiary alicyclic amines) is 1. The van der Waals surface area contributed by atoms with Crippen molar-refractivity contribution in [1.29, 1.82) is 0 Å². The monoisotopic (exact) mass is 305 g/mol. The number of Topliss-reactive ketones (excluding diaryl/α,β-unsaturated/α-hetero) is 1. The molecule has 2 aliphatic carbocycles. The van der Waals surface area contributed by atoms with Gasteiger partial charge in [0.05, 0.1) is 8.48 Å². The molecule has 1 spiro atoms. The Kier molecular flexibility index (Phi) is 1.53. The van der Waals surface area contributed by atoms with Gasteiger partial charge < -0.3 is 14.4 Å². The number of piperidine rings is 1. The molecule has 2 heterocycles. The fraction of sp³-hybridized carbons (Fsp3) is 0.611. The molecule has 0 aromatic heterocycles. The number of hydrogen-bond donors (Lipinski definition) is 0. The maximum atomic E-state index is 13.2. The number of ether oxygens (including phenoxy) is 2. The highest BCUT2D eigenvalue weighted by atomic mass is 16.5. The van der Waals surface area contributed by atoms with Gasteiger partial charge in [-0.25, -0.2) is 0 Å². The Hall–Kier alpha value is -1.55. The lowest BCUT2D eigenvalue weighted by molar-refractivity contribution is -0.138. The number of carbonyl (C=O) groups excluding carboxylic acids is 1. The van der Waals surface area contributed by atoms with Gasteiger partial charge in [0.15, 0.2) is 23.4 Å². The molecule has 1 unspecified atom stereocenters. The van der Waals surface area contributed by atoms with Gasteiger partial charge in [-0.15, -0.1) is 0 Å². The van der Waals surface area contributed by atoms with E-state index in [1.807, 2.05) is 0 Å². The zero-order valence-corrected chi connectivity index (χ0v) is 12.5. The van der Waals surface area contributed by atoms with E-state index >= 15 is 0 Å². The van der Waals surface area contributed by atoms with Gasteiger partial charge in [-0.05, 0) is 50.3 Å². The molecule has 0 radical (unpaired) electrons. The van der Waals surface area contributed by atoms with Crippen LogP contribution < -0.4 is 9.47 Å². The van der Waals surface area contributed by atoms with E-state index in [1.54, 1.807) is 24.1 Å². The average Bonchev–Trinajstić information content (AvgIpc) is 2.86. The summed E-state index contributed by atoms with van der Waals surface area (Å²) in [5.74, 6) is -2.40. The molecule has 4 aliphatic rings. The summed E-state index contributed by atoms with van der Waals surface area (Å²) < 4.78 is 64.1. The zero-order valence-electron chi connectivity index (χ0n) is 18.5. The van der Waals surface area contributed by atoms with Crippen molar-refractivity contribution in [2.75, 3.05) is 20.7 Å². The molecule has 4 heteroatoms. The van der Waals surface area contributed by atoms with Crippen LogP contribution in [-0.4, -0.2) is 43.5 Å². The quantitative estimate of drug-likeness (QED) is 0.795. The van der Waals surface area contributed by atoms with Crippen molar-refractivity contribution in [3.05, 3.63) is 23.3 Å². The van der Waals surface area contributed by atoms with E-state index in [4.69, 9.17) is 16.3 Å². The number of likely N-dealkylation sites (N-methyl/N-ethyl adjacent to an activating group) is 1. The van der Waals surface area contributed by atoms with Crippen molar-refractivity contribution >= 4 is 5.78 Å². The van der Waals surface area contributed by atoms with E-state index in [-0.39, 0.29) is 17.9 Å². The van der Waals surface area contributed by atoms with Gasteiger partial charge >= 0.3 is 0 Å². The van der Waals surface area contributed by atoms with Gasteiger partial charge in [0.2, 0.25) is 0 Å². The van der Waals surface area contributed by atoms with Crippen LogP contribution in [0.5, 0.6) is 11.5 Å². The van der Waals surface area contributed by atoms with E-state index in [9.17, 15) is 6.17 Å². The van der Waals surface area contributed by atoms with Crippen LogP contribution in [0, 0.1) is 5.89 Å². The Labute approximate surface area is 138 Å². The van der Waals surface area contributed by atoms with Crippen LogP contribution in [0.1, 0.15) is 38.6 Å². The molecule has 1 aromatic rings. The largest absolute Gasteiger partial charge is 0.493 e. The first-order valence-corrected chi connectivity index (χ1v) is 7.55. The lowest BCUT2D eigenvalue weighted by atomic mass is 9.52. The summed E-state index contributed by atoms with van der Waals surface area (Å²) in [6, 6.07) is 2.13. The summed E-state index contributed by atoms with van der Waals surface area (Å²) in [5.41, 5.74) is -0.813. The topological polar surface area (TPSA) is 38.8 Å². The molecule has 22 heavy (non-hydrogen) atoms. The second-order valence-electron chi connectivity index (χ2n) is 6.34. The molecule has 1 saturated heterocycles. The van der Waals surface area contributed by atoms with Crippen LogP contribution in [0.4, 0.5) is 0 Å². The van der Waals surface area contributed by atoms with Gasteiger partial charge in [-0.1, -0.05) is 6.07 Å². The zero-order chi connectivity index (χ0) is 20.5. The van der Waals surface area contributed by atoms with E-state index < -0.39 is 48.4 Å². The van der Waals surface area contributed by atoms with E-state index in [1.165, 1.54) is 7.11 Å². The Bertz CT molecular complexity index is 938. The lowest BCUT2D eigenvalue weighted by Crippen LogP contribution is -2.65. The summed E-state index contributed by atoms with van der Waals surface area (Å²) in [4.78, 5) is 14.9. The molecular formula is C18H21NO3. The standard InChI is InChI=1S/C18H21NO3/c1-19-8-7-18-11-4-5-13(20)17(18)22-16-14(21-2)6-3-10(15(16)18)9-12(11)19/h3,6,11-12,17H,4-5,7-9H2,1-2H3/t11-,12+,17?,18-/m0/s1/i5D2,9D2,11D,17D. The minimum Gasteiger partial charge on any atom is -0.493 e.